The van der Waals surface area contributed by atoms with Crippen molar-refractivity contribution in [3.63, 3.8) is 0 Å². The molecule has 2 aromatic carbocycles. The molecular weight excluding hydrogens is 478 g/mol. The van der Waals surface area contributed by atoms with E-state index in [1.807, 2.05) is 69.3 Å². The molecule has 0 spiro atoms. The van der Waals surface area contributed by atoms with Gasteiger partial charge in [-0.2, -0.15) is 4.31 Å². The first-order valence-corrected chi connectivity index (χ1v) is 13.3. The zero-order chi connectivity index (χ0) is 26.3. The molecule has 0 saturated carbocycles. The SMILES string of the molecule is COc1ccc(CN(Cc2ccc(OC)cc2)S(=O)(=O)[C@H](C)[C@H](OC(C)C)c2cnc(C)cn2)cc1. The van der Waals surface area contributed by atoms with Gasteiger partial charge in [-0.25, -0.2) is 8.42 Å². The van der Waals surface area contributed by atoms with Crippen LogP contribution >= 0.6 is 0 Å². The Morgan fingerprint density at radius 3 is 1.69 bits per heavy atom. The van der Waals surface area contributed by atoms with Gasteiger partial charge < -0.3 is 14.2 Å². The van der Waals surface area contributed by atoms with Gasteiger partial charge in [0.2, 0.25) is 10.0 Å². The summed E-state index contributed by atoms with van der Waals surface area (Å²) in [5, 5.41) is -0.909. The molecule has 1 heterocycles. The van der Waals surface area contributed by atoms with Gasteiger partial charge in [-0.15, -0.1) is 0 Å². The van der Waals surface area contributed by atoms with E-state index >= 15 is 0 Å². The molecule has 0 unspecified atom stereocenters. The molecule has 1 aromatic heterocycles. The van der Waals surface area contributed by atoms with Crippen LogP contribution in [-0.4, -0.2) is 48.3 Å². The zero-order valence-electron chi connectivity index (χ0n) is 21.7. The first kappa shape index (κ1) is 27.6. The maximum Gasteiger partial charge on any atom is 0.220 e. The van der Waals surface area contributed by atoms with E-state index in [4.69, 9.17) is 14.2 Å². The molecule has 0 aliphatic rings. The van der Waals surface area contributed by atoms with E-state index < -0.39 is 21.4 Å². The van der Waals surface area contributed by atoms with Crippen LogP contribution in [0.25, 0.3) is 0 Å². The number of sulfonamides is 1. The van der Waals surface area contributed by atoms with Gasteiger partial charge in [-0.1, -0.05) is 24.3 Å². The Bertz CT molecular complexity index is 1150. The van der Waals surface area contributed by atoms with Crippen LogP contribution in [0.1, 0.15) is 49.4 Å². The van der Waals surface area contributed by atoms with Gasteiger partial charge in [0.1, 0.15) is 22.9 Å². The molecule has 3 rings (SSSR count). The molecule has 194 valence electrons. The van der Waals surface area contributed by atoms with E-state index in [0.29, 0.717) is 17.2 Å². The molecule has 0 radical (unpaired) electrons. The Hall–Kier alpha value is -3.01. The lowest BCUT2D eigenvalue weighted by Gasteiger charge is -2.31. The highest BCUT2D eigenvalue weighted by Gasteiger charge is 2.37. The standard InChI is InChI=1S/C27H35N3O5S/c1-19(2)35-27(26-16-28-20(3)15-29-26)21(4)36(31,32)30(17-22-7-11-24(33-5)12-8-22)18-23-9-13-25(34-6)14-10-23/h7-16,19,21,27H,17-18H2,1-6H3/t21-,27+/m1/s1. The summed E-state index contributed by atoms with van der Waals surface area (Å²) in [7, 11) is -0.660. The van der Waals surface area contributed by atoms with E-state index in [1.165, 1.54) is 4.31 Å². The second kappa shape index (κ2) is 12.3. The minimum atomic E-state index is -3.85. The van der Waals surface area contributed by atoms with Gasteiger partial charge in [0.15, 0.2) is 0 Å². The summed E-state index contributed by atoms with van der Waals surface area (Å²) in [6.45, 7) is 7.63. The quantitative estimate of drug-likeness (QED) is 0.347. The number of nitrogens with zero attached hydrogens (tertiary/aromatic N) is 3. The monoisotopic (exact) mass is 513 g/mol. The molecule has 0 fully saturated rings. The van der Waals surface area contributed by atoms with Crippen molar-refractivity contribution in [3.05, 3.63) is 83.4 Å². The first-order valence-electron chi connectivity index (χ1n) is 11.8. The molecule has 0 amide bonds. The number of benzene rings is 2. The van der Waals surface area contributed by atoms with Crippen LogP contribution in [0, 0.1) is 6.92 Å². The molecule has 0 bridgehead atoms. The molecule has 36 heavy (non-hydrogen) atoms. The Kier molecular flexibility index (Phi) is 9.42. The van der Waals surface area contributed by atoms with Crippen molar-refractivity contribution < 1.29 is 22.6 Å². The third-order valence-corrected chi connectivity index (χ3v) is 7.97. The largest absolute Gasteiger partial charge is 0.497 e. The van der Waals surface area contributed by atoms with Crippen LogP contribution in [0.15, 0.2) is 60.9 Å². The van der Waals surface area contributed by atoms with Crippen molar-refractivity contribution in [1.82, 2.24) is 14.3 Å². The number of ether oxygens (including phenoxy) is 3. The predicted octanol–water partition coefficient (Wildman–Crippen LogP) is 4.69. The van der Waals surface area contributed by atoms with E-state index in [2.05, 4.69) is 9.97 Å². The summed E-state index contributed by atoms with van der Waals surface area (Å²) in [6.07, 6.45) is 2.23. The Morgan fingerprint density at radius 2 is 1.31 bits per heavy atom. The minimum absolute atomic E-state index is 0.191. The van der Waals surface area contributed by atoms with Crippen LogP contribution in [0.3, 0.4) is 0 Å². The third kappa shape index (κ3) is 7.02. The number of methoxy groups -OCH3 is 2. The van der Waals surface area contributed by atoms with E-state index in [9.17, 15) is 8.42 Å². The van der Waals surface area contributed by atoms with Gasteiger partial charge in [-0.3, -0.25) is 9.97 Å². The van der Waals surface area contributed by atoms with Crippen molar-refractivity contribution in [1.29, 1.82) is 0 Å². The topological polar surface area (TPSA) is 90.9 Å². The minimum Gasteiger partial charge on any atom is -0.497 e. The summed E-state index contributed by atoms with van der Waals surface area (Å²) in [4.78, 5) is 8.74. The summed E-state index contributed by atoms with van der Waals surface area (Å²) in [5.41, 5.74) is 2.92. The van der Waals surface area contributed by atoms with Gasteiger partial charge in [-0.05, 0) is 63.1 Å². The average Bonchev–Trinajstić information content (AvgIpc) is 2.87. The maximum atomic E-state index is 14.1. The second-order valence-corrected chi connectivity index (χ2v) is 11.2. The lowest BCUT2D eigenvalue weighted by Crippen LogP contribution is -2.41. The first-order chi connectivity index (χ1) is 17.1. The average molecular weight is 514 g/mol. The number of aryl methyl sites for hydroxylation is 1. The lowest BCUT2D eigenvalue weighted by molar-refractivity contribution is 0.00297. The number of hydrogen-bond donors (Lipinski definition) is 0. The molecule has 8 nitrogen and oxygen atoms in total. The highest BCUT2D eigenvalue weighted by Crippen LogP contribution is 2.30. The van der Waals surface area contributed by atoms with Crippen LogP contribution in [0.5, 0.6) is 11.5 Å². The summed E-state index contributed by atoms with van der Waals surface area (Å²) in [5.74, 6) is 1.42. The van der Waals surface area contributed by atoms with Gasteiger partial charge in [0.25, 0.3) is 0 Å². The Balaban J connectivity index is 1.98. The number of hydrogen-bond acceptors (Lipinski definition) is 7. The molecule has 9 heteroatoms. The highest BCUT2D eigenvalue weighted by molar-refractivity contribution is 7.89. The van der Waals surface area contributed by atoms with E-state index in [1.54, 1.807) is 33.5 Å². The van der Waals surface area contributed by atoms with Crippen LogP contribution in [-0.2, 0) is 27.8 Å². The van der Waals surface area contributed by atoms with Crippen molar-refractivity contribution >= 4 is 10.0 Å². The van der Waals surface area contributed by atoms with Gasteiger partial charge in [0.05, 0.1) is 37.9 Å². The summed E-state index contributed by atoms with van der Waals surface area (Å²) < 4.78 is 46.3. The summed E-state index contributed by atoms with van der Waals surface area (Å²) >= 11 is 0. The van der Waals surface area contributed by atoms with E-state index in [-0.39, 0.29) is 19.2 Å². The molecule has 3 aromatic rings. The van der Waals surface area contributed by atoms with Gasteiger partial charge >= 0.3 is 0 Å². The normalized spacial score (nSPS) is 13.6. The highest BCUT2D eigenvalue weighted by atomic mass is 32.2. The summed E-state index contributed by atoms with van der Waals surface area (Å²) in [6, 6.07) is 14.8. The fourth-order valence-corrected chi connectivity index (χ4v) is 5.40. The molecule has 2 atom stereocenters. The van der Waals surface area contributed by atoms with Crippen LogP contribution in [0.2, 0.25) is 0 Å². The Morgan fingerprint density at radius 1 is 0.806 bits per heavy atom. The fourth-order valence-electron chi connectivity index (χ4n) is 3.76. The molecule has 0 aliphatic carbocycles. The smallest absolute Gasteiger partial charge is 0.220 e. The van der Waals surface area contributed by atoms with Crippen molar-refractivity contribution in [2.24, 2.45) is 0 Å². The number of aromatic nitrogens is 2. The second-order valence-electron chi connectivity index (χ2n) is 8.90. The van der Waals surface area contributed by atoms with E-state index in [0.717, 1.165) is 16.8 Å². The van der Waals surface area contributed by atoms with Crippen molar-refractivity contribution in [2.75, 3.05) is 14.2 Å². The molecule has 0 N–H and O–H groups in total. The maximum absolute atomic E-state index is 14.1. The fraction of sp³-hybridized carbons (Fsp3) is 0.407. The van der Waals surface area contributed by atoms with Crippen molar-refractivity contribution in [3.8, 4) is 11.5 Å². The van der Waals surface area contributed by atoms with Crippen molar-refractivity contribution in [2.45, 2.75) is 58.2 Å². The lowest BCUT2D eigenvalue weighted by atomic mass is 10.2. The van der Waals surface area contributed by atoms with Crippen LogP contribution in [0.4, 0.5) is 0 Å². The number of rotatable bonds is 12. The third-order valence-electron chi connectivity index (χ3n) is 5.80. The predicted molar refractivity (Wildman–Crippen MR) is 139 cm³/mol. The van der Waals surface area contributed by atoms with Gasteiger partial charge in [0, 0.05) is 19.3 Å². The molecule has 0 saturated heterocycles. The molecular formula is C27H35N3O5S. The zero-order valence-corrected chi connectivity index (χ0v) is 22.5. The van der Waals surface area contributed by atoms with Crippen LogP contribution < -0.4 is 9.47 Å². The Labute approximate surface area is 214 Å². The molecule has 0 aliphatic heterocycles.